The van der Waals surface area contributed by atoms with E-state index in [0.717, 1.165) is 17.8 Å². The average molecular weight is 300 g/mol. The van der Waals surface area contributed by atoms with Crippen molar-refractivity contribution in [2.45, 2.75) is 32.3 Å². The van der Waals surface area contributed by atoms with Crippen molar-refractivity contribution < 1.29 is 9.90 Å². The first-order valence-corrected chi connectivity index (χ1v) is 7.78. The first-order chi connectivity index (χ1) is 10.7. The summed E-state index contributed by atoms with van der Waals surface area (Å²) in [6.45, 7) is 2.59. The predicted octanol–water partition coefficient (Wildman–Crippen LogP) is 2.42. The average Bonchev–Trinajstić information content (AvgIpc) is 2.88. The topological polar surface area (TPSA) is 52.6 Å². The van der Waals surface area contributed by atoms with Gasteiger partial charge in [-0.3, -0.25) is 4.79 Å². The molecule has 0 heterocycles. The fraction of sp³-hybridized carbons (Fsp3) is 0.389. The van der Waals surface area contributed by atoms with Crippen molar-refractivity contribution in [2.24, 2.45) is 0 Å². The number of rotatable bonds is 4. The Bertz CT molecular complexity index is 568. The molecule has 0 aromatic rings. The maximum Gasteiger partial charge on any atom is 0.257 e. The Hall–Kier alpha value is -2.07. The number of likely N-dealkylation sites (N-methyl/N-ethyl adjacent to an activating group) is 1. The normalized spacial score (nSPS) is 21.2. The molecule has 118 valence electrons. The summed E-state index contributed by atoms with van der Waals surface area (Å²) < 4.78 is 0. The largest absolute Gasteiger partial charge is 0.391 e. The molecule has 22 heavy (non-hydrogen) atoms. The molecule has 4 nitrogen and oxygen atoms in total. The van der Waals surface area contributed by atoms with E-state index in [1.54, 1.807) is 11.0 Å². The fourth-order valence-corrected chi connectivity index (χ4v) is 2.60. The van der Waals surface area contributed by atoms with Gasteiger partial charge in [0.05, 0.1) is 6.10 Å². The van der Waals surface area contributed by atoms with Crippen LogP contribution in [-0.2, 0) is 4.79 Å². The van der Waals surface area contributed by atoms with Gasteiger partial charge < -0.3 is 15.3 Å². The lowest BCUT2D eigenvalue weighted by atomic mass is 10.1. The van der Waals surface area contributed by atoms with Crippen molar-refractivity contribution in [1.82, 2.24) is 10.2 Å². The van der Waals surface area contributed by atoms with Gasteiger partial charge in [-0.2, -0.15) is 0 Å². The van der Waals surface area contributed by atoms with Crippen LogP contribution in [-0.4, -0.2) is 35.6 Å². The molecule has 0 aromatic carbocycles. The Morgan fingerprint density at radius 3 is 2.95 bits per heavy atom. The van der Waals surface area contributed by atoms with Gasteiger partial charge in [0.25, 0.3) is 5.91 Å². The second-order valence-electron chi connectivity index (χ2n) is 5.36. The lowest BCUT2D eigenvalue weighted by Gasteiger charge is -2.24. The summed E-state index contributed by atoms with van der Waals surface area (Å²) in [5.41, 5.74) is 2.75. The molecule has 4 heteroatoms. The molecule has 1 unspecified atom stereocenters. The van der Waals surface area contributed by atoms with Gasteiger partial charge in [-0.05, 0) is 38.0 Å². The minimum absolute atomic E-state index is 0.0144. The first kappa shape index (κ1) is 16.3. The second kappa shape index (κ2) is 7.80. The van der Waals surface area contributed by atoms with Crippen LogP contribution < -0.4 is 5.32 Å². The van der Waals surface area contributed by atoms with Crippen LogP contribution in [0.25, 0.3) is 0 Å². The van der Waals surface area contributed by atoms with Gasteiger partial charge in [0.2, 0.25) is 0 Å². The molecule has 0 saturated carbocycles. The van der Waals surface area contributed by atoms with Crippen molar-refractivity contribution in [1.29, 1.82) is 0 Å². The summed E-state index contributed by atoms with van der Waals surface area (Å²) in [5.74, 6) is 0.0144. The molecule has 0 aliphatic heterocycles. The molecule has 2 aliphatic carbocycles. The van der Waals surface area contributed by atoms with Crippen molar-refractivity contribution in [2.75, 3.05) is 13.6 Å². The van der Waals surface area contributed by atoms with E-state index in [1.807, 2.05) is 50.4 Å². The third kappa shape index (κ3) is 3.98. The number of nitrogens with zero attached hydrogens (tertiary/aromatic N) is 1. The molecule has 0 saturated heterocycles. The van der Waals surface area contributed by atoms with E-state index in [0.29, 0.717) is 25.0 Å². The van der Waals surface area contributed by atoms with Crippen LogP contribution in [0.3, 0.4) is 0 Å². The van der Waals surface area contributed by atoms with E-state index in [2.05, 4.69) is 5.32 Å². The number of aliphatic hydroxyl groups is 1. The number of nitrogens with one attached hydrogen (secondary N) is 1. The van der Waals surface area contributed by atoms with E-state index in [-0.39, 0.29) is 5.91 Å². The van der Waals surface area contributed by atoms with Crippen LogP contribution in [0.5, 0.6) is 0 Å². The highest BCUT2D eigenvalue weighted by molar-refractivity contribution is 5.97. The fourth-order valence-electron chi connectivity index (χ4n) is 2.60. The van der Waals surface area contributed by atoms with Crippen LogP contribution in [0.15, 0.2) is 59.5 Å². The van der Waals surface area contributed by atoms with Crippen molar-refractivity contribution in [3.05, 3.63) is 59.5 Å². The molecule has 0 bridgehead atoms. The monoisotopic (exact) mass is 300 g/mol. The standard InChI is InChI=1S/C18H24N2O2/c1-3-20(16-8-5-9-17(21)13-12-16)18(22)14-6-4-7-15(19-2)11-10-14/h4-10,17,19,21H,3,11-13H2,1-2H3. The highest BCUT2D eigenvalue weighted by atomic mass is 16.3. The lowest BCUT2D eigenvalue weighted by molar-refractivity contribution is -0.125. The van der Waals surface area contributed by atoms with Gasteiger partial charge >= 0.3 is 0 Å². The number of hydrogen-bond acceptors (Lipinski definition) is 3. The molecule has 2 aliphatic rings. The van der Waals surface area contributed by atoms with Gasteiger partial charge in [-0.15, -0.1) is 0 Å². The van der Waals surface area contributed by atoms with Gasteiger partial charge in [0, 0.05) is 37.0 Å². The van der Waals surface area contributed by atoms with E-state index in [4.69, 9.17) is 0 Å². The smallest absolute Gasteiger partial charge is 0.257 e. The predicted molar refractivity (Wildman–Crippen MR) is 88.8 cm³/mol. The molecule has 1 amide bonds. The number of hydrogen-bond donors (Lipinski definition) is 2. The first-order valence-electron chi connectivity index (χ1n) is 7.78. The van der Waals surface area contributed by atoms with Crippen LogP contribution in [0.4, 0.5) is 0 Å². The SMILES string of the molecule is CCN(C(=O)C1=CCC(NC)=CC=C1)C1=CC=CC(O)CC1. The van der Waals surface area contributed by atoms with Gasteiger partial charge in [0.15, 0.2) is 0 Å². The zero-order valence-electron chi connectivity index (χ0n) is 13.2. The van der Waals surface area contributed by atoms with Gasteiger partial charge in [-0.1, -0.05) is 24.3 Å². The zero-order chi connectivity index (χ0) is 15.9. The minimum Gasteiger partial charge on any atom is -0.391 e. The molecule has 2 rings (SSSR count). The Morgan fingerprint density at radius 2 is 2.23 bits per heavy atom. The van der Waals surface area contributed by atoms with Crippen LogP contribution in [0, 0.1) is 0 Å². The maximum absolute atomic E-state index is 12.8. The number of carbonyl (C=O) groups is 1. The summed E-state index contributed by atoms with van der Waals surface area (Å²) in [6.07, 6.45) is 14.9. The Balaban J connectivity index is 2.15. The van der Waals surface area contributed by atoms with Gasteiger partial charge in [0.1, 0.15) is 0 Å². The van der Waals surface area contributed by atoms with E-state index in [9.17, 15) is 9.90 Å². The molecule has 1 atom stereocenters. The highest BCUT2D eigenvalue weighted by Crippen LogP contribution is 2.21. The van der Waals surface area contributed by atoms with Crippen molar-refractivity contribution >= 4 is 5.91 Å². The number of amides is 1. The van der Waals surface area contributed by atoms with Crippen LogP contribution in [0.2, 0.25) is 0 Å². The number of carbonyl (C=O) groups excluding carboxylic acids is 1. The van der Waals surface area contributed by atoms with Crippen molar-refractivity contribution in [3.63, 3.8) is 0 Å². The van der Waals surface area contributed by atoms with E-state index < -0.39 is 6.10 Å². The summed E-state index contributed by atoms with van der Waals surface area (Å²) in [6, 6.07) is 0. The summed E-state index contributed by atoms with van der Waals surface area (Å²) >= 11 is 0. The molecule has 0 aromatic heterocycles. The lowest BCUT2D eigenvalue weighted by Crippen LogP contribution is -2.31. The molecular formula is C18H24N2O2. The zero-order valence-corrected chi connectivity index (χ0v) is 13.2. The van der Waals surface area contributed by atoms with E-state index >= 15 is 0 Å². The summed E-state index contributed by atoms with van der Waals surface area (Å²) in [4.78, 5) is 14.6. The minimum atomic E-state index is -0.429. The Morgan fingerprint density at radius 1 is 1.41 bits per heavy atom. The summed E-state index contributed by atoms with van der Waals surface area (Å²) in [7, 11) is 1.88. The third-order valence-electron chi connectivity index (χ3n) is 3.91. The summed E-state index contributed by atoms with van der Waals surface area (Å²) in [5, 5.41) is 12.8. The Labute approximate surface area is 132 Å². The maximum atomic E-state index is 12.8. The molecule has 0 radical (unpaired) electrons. The quantitative estimate of drug-likeness (QED) is 0.838. The van der Waals surface area contributed by atoms with E-state index in [1.165, 1.54) is 0 Å². The van der Waals surface area contributed by atoms with Crippen molar-refractivity contribution in [3.8, 4) is 0 Å². The highest BCUT2D eigenvalue weighted by Gasteiger charge is 2.20. The Kier molecular flexibility index (Phi) is 5.78. The van der Waals surface area contributed by atoms with Crippen LogP contribution >= 0.6 is 0 Å². The van der Waals surface area contributed by atoms with Gasteiger partial charge in [-0.25, -0.2) is 0 Å². The second-order valence-corrected chi connectivity index (χ2v) is 5.36. The van der Waals surface area contributed by atoms with Crippen LogP contribution in [0.1, 0.15) is 26.2 Å². The molecule has 0 fully saturated rings. The third-order valence-corrected chi connectivity index (χ3v) is 3.91. The molecule has 2 N–H and O–H groups in total. The number of aliphatic hydroxyl groups excluding tert-OH is 1. The molecule has 0 spiro atoms. The number of allylic oxidation sites excluding steroid dienone is 6. The molecular weight excluding hydrogens is 276 g/mol.